The van der Waals surface area contributed by atoms with Crippen LogP contribution < -0.4 is 26.1 Å². The molecule has 0 aliphatic heterocycles. The maximum absolute atomic E-state index is 13.8. The van der Waals surface area contributed by atoms with E-state index in [1.807, 2.05) is 81.4 Å². The monoisotopic (exact) mass is 1020 g/mol. The number of aliphatic hydroxyl groups is 2. The third-order valence-corrected chi connectivity index (χ3v) is 11.3. The highest BCUT2D eigenvalue weighted by Crippen LogP contribution is 2.41. The first-order chi connectivity index (χ1) is 34.2. The number of amides is 2. The summed E-state index contributed by atoms with van der Waals surface area (Å²) in [5, 5.41) is 32.0. The van der Waals surface area contributed by atoms with Gasteiger partial charge < -0.3 is 35.2 Å². The highest BCUT2D eigenvalue weighted by Gasteiger charge is 2.25. The van der Waals surface area contributed by atoms with Gasteiger partial charge in [0, 0.05) is 45.5 Å². The first kappa shape index (κ1) is 50.9. The normalized spacial score (nSPS) is 10.8. The Morgan fingerprint density at radius 3 is 2.17 bits per heavy atom. The molecule has 20 heteroatoms. The number of halogens is 2. The summed E-state index contributed by atoms with van der Waals surface area (Å²) in [6.07, 6.45) is 5.00. The van der Waals surface area contributed by atoms with Gasteiger partial charge in [0.1, 0.15) is 17.0 Å². The molecule has 4 aromatic heterocycles. The topological polar surface area (TPSA) is 256 Å². The van der Waals surface area contributed by atoms with Crippen molar-refractivity contribution in [2.45, 2.75) is 34.0 Å². The van der Waals surface area contributed by atoms with Gasteiger partial charge in [-0.25, -0.2) is 9.78 Å². The Bertz CT molecular complexity index is 3660. The summed E-state index contributed by atoms with van der Waals surface area (Å²) in [4.78, 5) is 46.7. The number of anilines is 1. The van der Waals surface area contributed by atoms with E-state index in [9.17, 15) is 24.6 Å². The van der Waals surface area contributed by atoms with Gasteiger partial charge in [0.05, 0.1) is 36.8 Å². The van der Waals surface area contributed by atoms with E-state index in [0.717, 1.165) is 21.9 Å². The van der Waals surface area contributed by atoms with Crippen LogP contribution in [0, 0.1) is 6.92 Å². The molecule has 0 atom stereocenters. The number of urea groups is 1. The summed E-state index contributed by atoms with van der Waals surface area (Å²) in [5.41, 5.74) is 10.6. The molecule has 0 unspecified atom stereocenters. The van der Waals surface area contributed by atoms with Crippen molar-refractivity contribution in [3.8, 4) is 39.7 Å². The number of aryl methyl sites for hydroxylation is 1. The fraction of sp³-hybridized carbons (Fsp3) is 0.137. The lowest BCUT2D eigenvalue weighted by Crippen LogP contribution is -2.23. The molecule has 5 N–H and O–H groups in total. The number of aliphatic hydroxyl groups excluding tert-OH is 2. The van der Waals surface area contributed by atoms with Gasteiger partial charge in [0.15, 0.2) is 23.1 Å². The lowest BCUT2D eigenvalue weighted by atomic mass is 9.90. The van der Waals surface area contributed by atoms with Gasteiger partial charge in [0.2, 0.25) is 5.78 Å². The largest absolute Gasteiger partial charge is 0.490 e. The molecule has 0 saturated heterocycles. The molecule has 0 saturated carbocycles. The molecule has 0 spiro atoms. The summed E-state index contributed by atoms with van der Waals surface area (Å²) in [7, 11) is -3.11. The molecular weight excluding hydrogens is 976 g/mol. The van der Waals surface area contributed by atoms with E-state index in [0.29, 0.717) is 85.2 Å². The van der Waals surface area contributed by atoms with Crippen molar-refractivity contribution < 1.29 is 46.3 Å². The molecule has 17 nitrogen and oxygen atoms in total. The van der Waals surface area contributed by atoms with E-state index in [4.69, 9.17) is 60.6 Å². The first-order valence-electron chi connectivity index (χ1n) is 21.5. The number of nitrogens with one attached hydrogen (secondary N) is 1. The molecule has 0 aliphatic rings. The van der Waals surface area contributed by atoms with E-state index in [-0.39, 0.29) is 40.8 Å². The second-order valence-corrected chi connectivity index (χ2v) is 16.6. The van der Waals surface area contributed by atoms with Crippen molar-refractivity contribution >= 4 is 83.8 Å². The predicted molar refractivity (Wildman–Crippen MR) is 269 cm³/mol. The Labute approximate surface area is 416 Å². The highest BCUT2D eigenvalue weighted by atomic mass is 35.5. The Morgan fingerprint density at radius 2 is 1.52 bits per heavy atom. The average molecular weight is 1020 g/mol. The van der Waals surface area contributed by atoms with Crippen LogP contribution in [0.2, 0.25) is 10.0 Å². The molecule has 71 heavy (non-hydrogen) atoms. The molecule has 0 bridgehead atoms. The van der Waals surface area contributed by atoms with Crippen molar-refractivity contribution in [3.05, 3.63) is 170 Å². The van der Waals surface area contributed by atoms with Crippen LogP contribution in [0.15, 0.2) is 131 Å². The lowest BCUT2D eigenvalue weighted by molar-refractivity contribution is 0.101. The third-order valence-electron chi connectivity index (χ3n) is 10.8. The zero-order chi connectivity index (χ0) is 50.9. The summed E-state index contributed by atoms with van der Waals surface area (Å²) in [5.74, 6) is 0.948. The molecule has 9 aromatic rings. The number of carbonyl (C=O) groups excluding carboxylic acids is 2. The number of aromatic nitrogens is 4. The smallest absolute Gasteiger partial charge is 0.425 e. The minimum atomic E-state index is -3.11. The molecule has 0 fully saturated rings. The second-order valence-electron chi connectivity index (χ2n) is 15.3. The number of primary amides is 1. The van der Waals surface area contributed by atoms with Gasteiger partial charge >= 0.3 is 16.6 Å². The van der Waals surface area contributed by atoms with Crippen molar-refractivity contribution in [2.75, 3.05) is 18.5 Å². The maximum atomic E-state index is 13.8. The molecule has 2 amide bonds. The summed E-state index contributed by atoms with van der Waals surface area (Å²) in [6, 6.07) is 29.3. The van der Waals surface area contributed by atoms with Crippen LogP contribution >= 0.6 is 23.2 Å². The van der Waals surface area contributed by atoms with Crippen molar-refractivity contribution in [2.24, 2.45) is 5.73 Å². The van der Waals surface area contributed by atoms with Crippen molar-refractivity contribution in [3.63, 3.8) is 0 Å². The standard InChI is InChI=1S/C34H30N4O5.C17H12Cl2N2O3.O3S/c1-3-42-29-15-23-14-24(19-39)28(20-40)32(27(23)17-30(29)43-4-2)21-11-13-36-31(16-21)38-34(41)26-10-6-5-9-25(26)33(37-38)22-8-7-12-35-18-22;1-8-2-4-11-13(6-8)24-16(14(11)21-17(20)23)15(22)10-5-3-9(18)7-12(10)19;1-4(2)3/h5-18,39-40H,3-4,19-20H2,1-2H3;2-7H,1H3,(H3,20,21,23);. The number of ether oxygens (including phenoxy) is 2. The van der Waals surface area contributed by atoms with Gasteiger partial charge in [-0.3, -0.25) is 14.6 Å². The van der Waals surface area contributed by atoms with Crippen LogP contribution in [0.1, 0.15) is 46.7 Å². The predicted octanol–water partition coefficient (Wildman–Crippen LogP) is 9.21. The van der Waals surface area contributed by atoms with Gasteiger partial charge in [0.25, 0.3) is 5.56 Å². The first-order valence-corrected chi connectivity index (χ1v) is 23.3. The minimum Gasteiger partial charge on any atom is -0.490 e. The van der Waals surface area contributed by atoms with Gasteiger partial charge in [-0.15, -0.1) is 12.6 Å². The van der Waals surface area contributed by atoms with E-state index in [2.05, 4.69) is 15.3 Å². The van der Waals surface area contributed by atoms with E-state index >= 15 is 0 Å². The fourth-order valence-corrected chi connectivity index (χ4v) is 8.35. The van der Waals surface area contributed by atoms with Crippen LogP contribution in [-0.2, 0) is 23.8 Å². The zero-order valence-electron chi connectivity index (χ0n) is 38.0. The number of rotatable bonds is 12. The Balaban J connectivity index is 0.000000223. The van der Waals surface area contributed by atoms with Gasteiger partial charge in [-0.2, -0.15) is 9.78 Å². The van der Waals surface area contributed by atoms with E-state index in [1.54, 1.807) is 48.9 Å². The van der Waals surface area contributed by atoms with E-state index < -0.39 is 22.4 Å². The number of pyridine rings is 2. The molecule has 0 aliphatic carbocycles. The summed E-state index contributed by atoms with van der Waals surface area (Å²) in [6.45, 7) is 6.02. The quantitative estimate of drug-likeness (QED) is 0.0832. The highest BCUT2D eigenvalue weighted by molar-refractivity contribution is 7.59. The molecule has 362 valence electrons. The summed E-state index contributed by atoms with van der Waals surface area (Å²) < 4.78 is 44.1. The number of nitrogens with two attached hydrogens (primary N) is 1. The van der Waals surface area contributed by atoms with Crippen LogP contribution in [-0.4, -0.2) is 67.6 Å². The van der Waals surface area contributed by atoms with Crippen LogP contribution in [0.5, 0.6) is 11.5 Å². The molecular formula is C51H42Cl2N6O11S. The number of furan rings is 1. The molecule has 4 heterocycles. The van der Waals surface area contributed by atoms with Crippen LogP contribution in [0.25, 0.3) is 60.7 Å². The van der Waals surface area contributed by atoms with Gasteiger partial charge in [-0.05, 0) is 138 Å². The van der Waals surface area contributed by atoms with Crippen LogP contribution in [0.4, 0.5) is 10.5 Å². The Hall–Kier alpha value is -8.00. The maximum Gasteiger partial charge on any atom is 0.425 e. The third kappa shape index (κ3) is 11.2. The second kappa shape index (κ2) is 22.6. The minimum absolute atomic E-state index is 0.0429. The van der Waals surface area contributed by atoms with Gasteiger partial charge in [-0.1, -0.05) is 47.5 Å². The number of ketones is 1. The molecule has 0 radical (unpaired) electrons. The number of benzene rings is 5. The SMILES string of the molecule is CCOc1cc2cc(CO)c(CO)c(-c3ccnc(-n4nc(-c5cccnc5)c5ccccc5c4=O)c3)c2cc1OCC.Cc1ccc2c(NC(N)=O)c(C(=O)c3ccc(Cl)cc3Cl)oc2c1.O=S(=O)=O. The van der Waals surface area contributed by atoms with Crippen LogP contribution in [0.3, 0.4) is 0 Å². The average Bonchev–Trinajstić information content (AvgIpc) is 3.70. The Kier molecular flexibility index (Phi) is 16.2. The number of fused-ring (bicyclic) bond motifs is 3. The number of nitrogens with zero attached hydrogens (tertiary/aromatic N) is 4. The lowest BCUT2D eigenvalue weighted by Gasteiger charge is -2.19. The molecule has 5 aromatic carbocycles. The summed E-state index contributed by atoms with van der Waals surface area (Å²) >= 11 is 12.0. The van der Waals surface area contributed by atoms with Crippen molar-refractivity contribution in [1.29, 1.82) is 0 Å². The number of carbonyl (C=O) groups is 2. The number of hydrogen-bond acceptors (Lipinski definition) is 14. The van der Waals surface area contributed by atoms with E-state index in [1.165, 1.54) is 16.8 Å². The number of hydrogen-bond donors (Lipinski definition) is 4. The van der Waals surface area contributed by atoms with Crippen molar-refractivity contribution in [1.82, 2.24) is 19.7 Å². The molecule has 9 rings (SSSR count). The fourth-order valence-electron chi connectivity index (χ4n) is 7.86. The Morgan fingerprint density at radius 1 is 0.803 bits per heavy atom. The zero-order valence-corrected chi connectivity index (χ0v) is 40.3.